The van der Waals surface area contributed by atoms with Crippen molar-refractivity contribution in [2.24, 2.45) is 11.7 Å². The molecule has 0 aromatic heterocycles. The average Bonchev–Trinajstić information content (AvgIpc) is 2.45. The molecule has 0 aliphatic carbocycles. The number of carbonyl (C=O) groups excluding carboxylic acids is 1. The highest BCUT2D eigenvalue weighted by Crippen LogP contribution is 2.11. The fourth-order valence-corrected chi connectivity index (χ4v) is 2.06. The van der Waals surface area contributed by atoms with Crippen molar-refractivity contribution in [3.8, 4) is 0 Å². The van der Waals surface area contributed by atoms with Gasteiger partial charge in [0, 0.05) is 11.3 Å². The lowest BCUT2D eigenvalue weighted by Crippen LogP contribution is -2.29. The summed E-state index contributed by atoms with van der Waals surface area (Å²) in [7, 11) is 0. The maximum atomic E-state index is 12.0. The number of amides is 1. The SMILES string of the molecule is CCCC(C)COC(C)C(=O)Nc1ccc(C(N)=S)cc1. The van der Waals surface area contributed by atoms with E-state index < -0.39 is 6.10 Å². The van der Waals surface area contributed by atoms with Gasteiger partial charge in [-0.1, -0.05) is 32.5 Å². The van der Waals surface area contributed by atoms with E-state index in [9.17, 15) is 4.79 Å². The molecule has 116 valence electrons. The van der Waals surface area contributed by atoms with Gasteiger partial charge in [0.25, 0.3) is 5.91 Å². The van der Waals surface area contributed by atoms with Gasteiger partial charge in [0.05, 0.1) is 6.61 Å². The van der Waals surface area contributed by atoms with Crippen molar-refractivity contribution in [3.63, 3.8) is 0 Å². The summed E-state index contributed by atoms with van der Waals surface area (Å²) in [4.78, 5) is 12.4. The third-order valence-corrected chi connectivity index (χ3v) is 3.45. The Labute approximate surface area is 132 Å². The summed E-state index contributed by atoms with van der Waals surface area (Å²) in [6.45, 7) is 6.63. The van der Waals surface area contributed by atoms with E-state index in [2.05, 4.69) is 19.2 Å². The number of nitrogens with two attached hydrogens (primary N) is 1. The molecule has 1 aromatic carbocycles. The number of anilines is 1. The number of nitrogens with one attached hydrogen (secondary N) is 1. The van der Waals surface area contributed by atoms with Crippen LogP contribution in [-0.4, -0.2) is 23.6 Å². The fourth-order valence-electron chi connectivity index (χ4n) is 1.92. The lowest BCUT2D eigenvalue weighted by atomic mass is 10.1. The highest BCUT2D eigenvalue weighted by molar-refractivity contribution is 7.80. The third kappa shape index (κ3) is 6.23. The lowest BCUT2D eigenvalue weighted by molar-refractivity contribution is -0.127. The van der Waals surface area contributed by atoms with E-state index in [1.807, 2.05) is 0 Å². The van der Waals surface area contributed by atoms with E-state index in [0.717, 1.165) is 18.4 Å². The summed E-state index contributed by atoms with van der Waals surface area (Å²) < 4.78 is 5.60. The normalized spacial score (nSPS) is 13.5. The first-order valence-corrected chi connectivity index (χ1v) is 7.67. The van der Waals surface area contributed by atoms with Crippen LogP contribution in [0.2, 0.25) is 0 Å². The molecule has 0 saturated carbocycles. The number of benzene rings is 1. The van der Waals surface area contributed by atoms with Gasteiger partial charge >= 0.3 is 0 Å². The fraction of sp³-hybridized carbons (Fsp3) is 0.500. The summed E-state index contributed by atoms with van der Waals surface area (Å²) in [6, 6.07) is 7.12. The summed E-state index contributed by atoms with van der Waals surface area (Å²) in [5.41, 5.74) is 7.01. The third-order valence-electron chi connectivity index (χ3n) is 3.22. The number of hydrogen-bond donors (Lipinski definition) is 2. The Morgan fingerprint density at radius 2 is 1.95 bits per heavy atom. The van der Waals surface area contributed by atoms with Crippen molar-refractivity contribution in [1.29, 1.82) is 0 Å². The molecule has 0 radical (unpaired) electrons. The second-order valence-electron chi connectivity index (χ2n) is 5.30. The number of carbonyl (C=O) groups is 1. The molecular weight excluding hydrogens is 284 g/mol. The van der Waals surface area contributed by atoms with Crippen LogP contribution in [0.3, 0.4) is 0 Å². The van der Waals surface area contributed by atoms with E-state index >= 15 is 0 Å². The van der Waals surface area contributed by atoms with E-state index in [1.54, 1.807) is 31.2 Å². The van der Waals surface area contributed by atoms with Gasteiger partial charge in [-0.05, 0) is 43.5 Å². The Hall–Kier alpha value is -1.46. The van der Waals surface area contributed by atoms with Crippen molar-refractivity contribution in [2.75, 3.05) is 11.9 Å². The molecule has 0 fully saturated rings. The average molecular weight is 308 g/mol. The van der Waals surface area contributed by atoms with Gasteiger partial charge in [0.2, 0.25) is 0 Å². The Balaban J connectivity index is 2.46. The quantitative estimate of drug-likeness (QED) is 0.724. The van der Waals surface area contributed by atoms with Gasteiger partial charge in [0.15, 0.2) is 0 Å². The molecule has 21 heavy (non-hydrogen) atoms. The minimum atomic E-state index is -0.473. The van der Waals surface area contributed by atoms with E-state index in [0.29, 0.717) is 23.2 Å². The topological polar surface area (TPSA) is 64.3 Å². The molecule has 0 aliphatic rings. The minimum absolute atomic E-state index is 0.151. The molecule has 2 atom stereocenters. The van der Waals surface area contributed by atoms with Crippen LogP contribution in [0.1, 0.15) is 39.2 Å². The monoisotopic (exact) mass is 308 g/mol. The second-order valence-corrected chi connectivity index (χ2v) is 5.74. The highest BCUT2D eigenvalue weighted by Gasteiger charge is 2.14. The van der Waals surface area contributed by atoms with Gasteiger partial charge in [0.1, 0.15) is 11.1 Å². The molecule has 0 bridgehead atoms. The van der Waals surface area contributed by atoms with Crippen LogP contribution >= 0.6 is 12.2 Å². The lowest BCUT2D eigenvalue weighted by Gasteiger charge is -2.16. The molecule has 0 aliphatic heterocycles. The summed E-state index contributed by atoms with van der Waals surface area (Å²) in [5.74, 6) is 0.317. The smallest absolute Gasteiger partial charge is 0.253 e. The number of rotatable bonds is 8. The number of ether oxygens (including phenoxy) is 1. The van der Waals surface area contributed by atoms with Crippen molar-refractivity contribution in [1.82, 2.24) is 0 Å². The molecule has 5 heteroatoms. The Morgan fingerprint density at radius 1 is 1.33 bits per heavy atom. The number of hydrogen-bond acceptors (Lipinski definition) is 3. The summed E-state index contributed by atoms with van der Waals surface area (Å²) in [6.07, 6.45) is 1.76. The van der Waals surface area contributed by atoms with Crippen LogP contribution in [0, 0.1) is 5.92 Å². The van der Waals surface area contributed by atoms with Crippen LogP contribution in [0.25, 0.3) is 0 Å². The minimum Gasteiger partial charge on any atom is -0.389 e. The van der Waals surface area contributed by atoms with Gasteiger partial charge in [-0.2, -0.15) is 0 Å². The molecule has 0 spiro atoms. The van der Waals surface area contributed by atoms with Gasteiger partial charge < -0.3 is 15.8 Å². The molecule has 0 saturated heterocycles. The van der Waals surface area contributed by atoms with Crippen LogP contribution in [0.5, 0.6) is 0 Å². The molecule has 2 unspecified atom stereocenters. The highest BCUT2D eigenvalue weighted by atomic mass is 32.1. The molecular formula is C16H24N2O2S. The van der Waals surface area contributed by atoms with Crippen LogP contribution in [-0.2, 0) is 9.53 Å². The number of thiocarbonyl (C=S) groups is 1. The largest absolute Gasteiger partial charge is 0.389 e. The zero-order chi connectivity index (χ0) is 15.8. The van der Waals surface area contributed by atoms with Crippen molar-refractivity contribution in [2.45, 2.75) is 39.7 Å². The van der Waals surface area contributed by atoms with Gasteiger partial charge in [-0.3, -0.25) is 4.79 Å². The first kappa shape index (κ1) is 17.6. The Kier molecular flexibility index (Phi) is 7.32. The molecule has 0 heterocycles. The Bertz CT molecular complexity index is 474. The molecule has 4 nitrogen and oxygen atoms in total. The first-order chi connectivity index (χ1) is 9.93. The van der Waals surface area contributed by atoms with Crippen molar-refractivity contribution < 1.29 is 9.53 Å². The zero-order valence-electron chi connectivity index (χ0n) is 12.9. The second kappa shape index (κ2) is 8.74. The molecule has 1 amide bonds. The van der Waals surface area contributed by atoms with Crippen LogP contribution < -0.4 is 11.1 Å². The van der Waals surface area contributed by atoms with Crippen LogP contribution in [0.15, 0.2) is 24.3 Å². The van der Waals surface area contributed by atoms with E-state index in [4.69, 9.17) is 22.7 Å². The first-order valence-electron chi connectivity index (χ1n) is 7.26. The van der Waals surface area contributed by atoms with Crippen LogP contribution in [0.4, 0.5) is 5.69 Å². The maximum absolute atomic E-state index is 12.0. The predicted octanol–water partition coefficient (Wildman–Crippen LogP) is 3.10. The predicted molar refractivity (Wildman–Crippen MR) is 90.4 cm³/mol. The zero-order valence-corrected chi connectivity index (χ0v) is 13.7. The maximum Gasteiger partial charge on any atom is 0.253 e. The van der Waals surface area contributed by atoms with Gasteiger partial charge in [-0.15, -0.1) is 0 Å². The van der Waals surface area contributed by atoms with E-state index in [1.165, 1.54) is 0 Å². The van der Waals surface area contributed by atoms with Crippen molar-refractivity contribution in [3.05, 3.63) is 29.8 Å². The van der Waals surface area contributed by atoms with E-state index in [-0.39, 0.29) is 5.91 Å². The molecule has 1 rings (SSSR count). The van der Waals surface area contributed by atoms with Gasteiger partial charge in [-0.25, -0.2) is 0 Å². The summed E-state index contributed by atoms with van der Waals surface area (Å²) in [5, 5.41) is 2.82. The molecule has 3 N–H and O–H groups in total. The standard InChI is InChI=1S/C16H24N2O2S/c1-4-5-11(2)10-20-12(3)16(19)18-14-8-6-13(7-9-14)15(17)21/h6-9,11-12H,4-5,10H2,1-3H3,(H2,17,21)(H,18,19). The Morgan fingerprint density at radius 3 is 2.48 bits per heavy atom. The summed E-state index contributed by atoms with van der Waals surface area (Å²) >= 11 is 4.89. The molecule has 1 aromatic rings. The van der Waals surface area contributed by atoms with Crippen molar-refractivity contribution >= 4 is 28.8 Å².